The highest BCUT2D eigenvalue weighted by atomic mass is 19.4. The van der Waals surface area contributed by atoms with E-state index in [1.54, 1.807) is 29.2 Å². The van der Waals surface area contributed by atoms with Crippen molar-refractivity contribution in [2.24, 2.45) is 0 Å². The summed E-state index contributed by atoms with van der Waals surface area (Å²) in [5, 5.41) is 0.846. The highest BCUT2D eigenvalue weighted by molar-refractivity contribution is 5.81. The number of nitrogens with zero attached hydrogens (tertiary/aromatic N) is 5. The topological polar surface area (TPSA) is 57.6 Å². The molecule has 5 rings (SSSR count). The molecule has 4 heterocycles. The summed E-state index contributed by atoms with van der Waals surface area (Å²) >= 11 is 0. The molecule has 1 fully saturated rings. The lowest BCUT2D eigenvalue weighted by atomic mass is 10.3. The monoisotopic (exact) mass is 429 g/mol. The van der Waals surface area contributed by atoms with Crippen molar-refractivity contribution in [2.45, 2.75) is 57.9 Å². The zero-order chi connectivity index (χ0) is 21.8. The van der Waals surface area contributed by atoms with Crippen LogP contribution in [0.25, 0.3) is 21.9 Å². The van der Waals surface area contributed by atoms with Crippen LogP contribution in [0.1, 0.15) is 43.1 Å². The van der Waals surface area contributed by atoms with E-state index >= 15 is 0 Å². The maximum atomic E-state index is 13.3. The molecule has 1 saturated carbocycles. The third-order valence-corrected chi connectivity index (χ3v) is 5.91. The van der Waals surface area contributed by atoms with E-state index in [0.717, 1.165) is 46.2 Å². The molecule has 0 spiro atoms. The number of pyridine rings is 2. The van der Waals surface area contributed by atoms with Crippen molar-refractivity contribution in [3.05, 3.63) is 58.7 Å². The molecule has 0 N–H and O–H groups in total. The van der Waals surface area contributed by atoms with Gasteiger partial charge in [0.2, 0.25) is 0 Å². The van der Waals surface area contributed by atoms with E-state index in [1.807, 2.05) is 28.2 Å². The molecule has 0 amide bonds. The lowest BCUT2D eigenvalue weighted by molar-refractivity contribution is -0.135. The highest BCUT2D eigenvalue weighted by Gasteiger charge is 2.30. The summed E-state index contributed by atoms with van der Waals surface area (Å²) in [5.41, 5.74) is 3.91. The lowest BCUT2D eigenvalue weighted by Gasteiger charge is -2.13. The van der Waals surface area contributed by atoms with Crippen molar-refractivity contribution in [3.63, 3.8) is 0 Å². The minimum atomic E-state index is -4.19. The fourth-order valence-electron chi connectivity index (χ4n) is 4.40. The first-order chi connectivity index (χ1) is 14.8. The van der Waals surface area contributed by atoms with Crippen LogP contribution >= 0.6 is 0 Å². The van der Waals surface area contributed by atoms with Crippen molar-refractivity contribution in [3.8, 4) is 0 Å². The minimum absolute atomic E-state index is 0.0259. The van der Waals surface area contributed by atoms with Crippen LogP contribution in [0.2, 0.25) is 0 Å². The largest absolute Gasteiger partial charge is 0.389 e. The van der Waals surface area contributed by atoms with Crippen molar-refractivity contribution in [1.82, 2.24) is 23.7 Å². The van der Waals surface area contributed by atoms with Crippen LogP contribution < -0.4 is 5.69 Å². The summed E-state index contributed by atoms with van der Waals surface area (Å²) < 4.78 is 43.6. The first kappa shape index (κ1) is 19.8. The molecular weight excluding hydrogens is 407 g/mol. The zero-order valence-electron chi connectivity index (χ0n) is 17.1. The molecular formula is C22H22F3N5O. The molecule has 9 heteroatoms. The highest BCUT2D eigenvalue weighted by Crippen LogP contribution is 2.36. The van der Waals surface area contributed by atoms with Crippen LogP contribution in [0.4, 0.5) is 13.2 Å². The van der Waals surface area contributed by atoms with Crippen LogP contribution in [0.3, 0.4) is 0 Å². The number of aromatic nitrogens is 5. The number of fused-ring (bicyclic) bond motifs is 2. The first-order valence-electron chi connectivity index (χ1n) is 10.4. The summed E-state index contributed by atoms with van der Waals surface area (Å²) in [4.78, 5) is 21.8. The van der Waals surface area contributed by atoms with Gasteiger partial charge >= 0.3 is 11.9 Å². The van der Waals surface area contributed by atoms with E-state index in [9.17, 15) is 18.0 Å². The molecule has 0 atom stereocenters. The molecule has 4 aromatic heterocycles. The van der Waals surface area contributed by atoms with E-state index in [4.69, 9.17) is 0 Å². The molecule has 0 radical (unpaired) electrons. The molecule has 162 valence electrons. The van der Waals surface area contributed by atoms with Gasteiger partial charge in [0.15, 0.2) is 0 Å². The van der Waals surface area contributed by atoms with Gasteiger partial charge in [-0.3, -0.25) is 19.1 Å². The van der Waals surface area contributed by atoms with Gasteiger partial charge in [-0.05, 0) is 44.4 Å². The molecule has 0 saturated heterocycles. The first-order valence-corrected chi connectivity index (χ1v) is 10.4. The van der Waals surface area contributed by atoms with Crippen molar-refractivity contribution >= 4 is 21.9 Å². The molecule has 0 bridgehead atoms. The fraction of sp³-hybridized carbons (Fsp3) is 0.409. The number of rotatable bonds is 6. The third kappa shape index (κ3) is 3.62. The minimum Gasteiger partial charge on any atom is -0.343 e. The number of hydrogen-bond acceptors (Lipinski definition) is 3. The summed E-state index contributed by atoms with van der Waals surface area (Å²) in [5.74, 6) is 0. The molecule has 0 aromatic carbocycles. The number of halogens is 3. The van der Waals surface area contributed by atoms with Crippen LogP contribution in [0.15, 0.2) is 41.6 Å². The van der Waals surface area contributed by atoms with Gasteiger partial charge in [0.1, 0.15) is 0 Å². The van der Waals surface area contributed by atoms with E-state index in [2.05, 4.69) is 9.97 Å². The number of alkyl halides is 3. The Kier molecular flexibility index (Phi) is 4.64. The van der Waals surface area contributed by atoms with Gasteiger partial charge in [-0.1, -0.05) is 0 Å². The van der Waals surface area contributed by atoms with Gasteiger partial charge in [0, 0.05) is 48.7 Å². The van der Waals surface area contributed by atoms with Gasteiger partial charge in [-0.2, -0.15) is 13.2 Å². The second-order valence-corrected chi connectivity index (χ2v) is 8.17. The smallest absolute Gasteiger partial charge is 0.343 e. The molecule has 0 unspecified atom stereocenters. The van der Waals surface area contributed by atoms with E-state index in [0.29, 0.717) is 0 Å². The molecule has 0 aliphatic heterocycles. The zero-order valence-corrected chi connectivity index (χ0v) is 17.1. The van der Waals surface area contributed by atoms with E-state index < -0.39 is 12.6 Å². The predicted molar refractivity (Wildman–Crippen MR) is 111 cm³/mol. The molecule has 4 aromatic rings. The Hall–Kier alpha value is -3.10. The second-order valence-electron chi connectivity index (χ2n) is 8.17. The third-order valence-electron chi connectivity index (χ3n) is 5.91. The normalized spacial score (nSPS) is 14.7. The van der Waals surface area contributed by atoms with Crippen LogP contribution in [0, 0.1) is 6.92 Å². The van der Waals surface area contributed by atoms with Crippen molar-refractivity contribution < 1.29 is 13.2 Å². The van der Waals surface area contributed by atoms with Crippen LogP contribution in [0.5, 0.6) is 0 Å². The summed E-state index contributed by atoms with van der Waals surface area (Å²) in [6, 6.07) is 5.78. The quantitative estimate of drug-likeness (QED) is 0.451. The Morgan fingerprint density at radius 2 is 1.90 bits per heavy atom. The van der Waals surface area contributed by atoms with E-state index in [1.165, 1.54) is 0 Å². The summed E-state index contributed by atoms with van der Waals surface area (Å²) in [7, 11) is 0. The van der Waals surface area contributed by atoms with Gasteiger partial charge < -0.3 is 4.57 Å². The Bertz CT molecular complexity index is 1330. The number of imidazole rings is 1. The van der Waals surface area contributed by atoms with E-state index in [-0.39, 0.29) is 31.2 Å². The number of aryl methyl sites for hydroxylation is 2. The molecule has 1 aliphatic rings. The lowest BCUT2D eigenvalue weighted by Crippen LogP contribution is -2.25. The Balaban J connectivity index is 1.60. The molecule has 6 nitrogen and oxygen atoms in total. The maximum absolute atomic E-state index is 13.3. The van der Waals surface area contributed by atoms with Crippen molar-refractivity contribution in [2.75, 3.05) is 0 Å². The standard InChI is InChI=1S/C22H22F3N5O/c1-14-20-19(6-9-27-14)30(16-3-4-16)21(31)29(20)13-17-11-15-12-26-8-5-18(15)28(17)10-2-7-22(23,24)25/h5-6,8-9,11-12,16H,2-4,7,10,13H2,1H3. The van der Waals surface area contributed by atoms with Gasteiger partial charge in [-0.25, -0.2) is 4.79 Å². The van der Waals surface area contributed by atoms with Crippen molar-refractivity contribution in [1.29, 1.82) is 0 Å². The maximum Gasteiger partial charge on any atom is 0.389 e. The average Bonchev–Trinajstić information content (AvgIpc) is 3.42. The average molecular weight is 429 g/mol. The summed E-state index contributed by atoms with van der Waals surface area (Å²) in [6.07, 6.45) is 1.92. The Morgan fingerprint density at radius 3 is 2.65 bits per heavy atom. The SMILES string of the molecule is Cc1nccc2c1n(Cc1cc3cnccc3n1CCCC(F)(F)F)c(=O)n2C1CC1. The second kappa shape index (κ2) is 7.25. The van der Waals surface area contributed by atoms with Crippen LogP contribution in [-0.4, -0.2) is 29.8 Å². The number of hydrogen-bond donors (Lipinski definition) is 0. The molecule has 31 heavy (non-hydrogen) atoms. The van der Waals surface area contributed by atoms with Gasteiger partial charge in [0.05, 0.1) is 28.8 Å². The fourth-order valence-corrected chi connectivity index (χ4v) is 4.40. The Morgan fingerprint density at radius 1 is 1.13 bits per heavy atom. The molecule has 1 aliphatic carbocycles. The van der Waals surface area contributed by atoms with Crippen LogP contribution in [-0.2, 0) is 13.1 Å². The van der Waals surface area contributed by atoms with Gasteiger partial charge in [-0.15, -0.1) is 0 Å². The summed E-state index contributed by atoms with van der Waals surface area (Å²) in [6.45, 7) is 2.36. The van der Waals surface area contributed by atoms with Gasteiger partial charge in [0.25, 0.3) is 0 Å². The predicted octanol–water partition coefficient (Wildman–Crippen LogP) is 4.58. The Labute approximate surface area is 175 Å².